The van der Waals surface area contributed by atoms with Crippen LogP contribution in [-0.2, 0) is 24.1 Å². The second-order valence-corrected chi connectivity index (χ2v) is 6.42. The summed E-state index contributed by atoms with van der Waals surface area (Å²) in [5, 5.41) is 14.6. The van der Waals surface area contributed by atoms with Gasteiger partial charge in [-0.15, -0.1) is 0 Å². The van der Waals surface area contributed by atoms with E-state index >= 15 is 0 Å². The summed E-state index contributed by atoms with van der Waals surface area (Å²) in [6.07, 6.45) is 2.64. The van der Waals surface area contributed by atoms with Crippen molar-refractivity contribution >= 4 is 0 Å². The average molecular weight is 333 g/mol. The molecule has 0 aliphatic heterocycles. The molecule has 2 aromatic rings. The summed E-state index contributed by atoms with van der Waals surface area (Å²) in [6, 6.07) is 6.45. The molecule has 0 saturated carbocycles. The van der Waals surface area contributed by atoms with Crippen molar-refractivity contribution in [3.05, 3.63) is 47.0 Å². The van der Waals surface area contributed by atoms with Gasteiger partial charge in [0.15, 0.2) is 0 Å². The summed E-state index contributed by atoms with van der Waals surface area (Å²) < 4.78 is 20.1. The van der Waals surface area contributed by atoms with E-state index in [4.69, 9.17) is 9.84 Å². The van der Waals surface area contributed by atoms with Crippen molar-refractivity contribution in [1.82, 2.24) is 14.7 Å². The highest BCUT2D eigenvalue weighted by atomic mass is 19.1. The van der Waals surface area contributed by atoms with Crippen LogP contribution in [0.2, 0.25) is 0 Å². The third-order valence-electron chi connectivity index (χ3n) is 4.39. The van der Waals surface area contributed by atoms with Gasteiger partial charge in [0.25, 0.3) is 0 Å². The first kappa shape index (κ1) is 17.1. The number of fused-ring (bicyclic) bond motifs is 1. The average Bonchev–Trinajstić information content (AvgIpc) is 3.12. The Morgan fingerprint density at radius 1 is 1.33 bits per heavy atom. The minimum absolute atomic E-state index is 0.241. The molecule has 6 heteroatoms. The Kier molecular flexibility index (Phi) is 5.28. The number of ether oxygens (including phenoxy) is 1. The summed E-state index contributed by atoms with van der Waals surface area (Å²) in [4.78, 5) is 2.06. The molecule has 1 heterocycles. The molecule has 1 aliphatic carbocycles. The lowest BCUT2D eigenvalue weighted by Gasteiger charge is -2.19. The van der Waals surface area contributed by atoms with Crippen molar-refractivity contribution in [3.8, 4) is 5.69 Å². The van der Waals surface area contributed by atoms with Crippen LogP contribution in [0.25, 0.3) is 5.69 Å². The molecule has 5 nitrogen and oxygen atoms in total. The Bertz CT molecular complexity index is 684. The molecule has 1 aliphatic rings. The highest BCUT2D eigenvalue weighted by molar-refractivity contribution is 5.40. The second-order valence-electron chi connectivity index (χ2n) is 6.42. The summed E-state index contributed by atoms with van der Waals surface area (Å²) in [5.74, 6) is -0.241. The van der Waals surface area contributed by atoms with Crippen molar-refractivity contribution in [2.75, 3.05) is 27.3 Å². The molecule has 0 amide bonds. The first-order valence-corrected chi connectivity index (χ1v) is 8.29. The predicted molar refractivity (Wildman–Crippen MR) is 89.8 cm³/mol. The first-order valence-electron chi connectivity index (χ1n) is 8.29. The topological polar surface area (TPSA) is 50.5 Å². The number of methoxy groups -OCH3 is 1. The molecule has 1 atom stereocenters. The van der Waals surface area contributed by atoms with Gasteiger partial charge in [-0.3, -0.25) is 4.90 Å². The van der Waals surface area contributed by atoms with E-state index in [1.54, 1.807) is 19.2 Å². The Labute approximate surface area is 141 Å². The summed E-state index contributed by atoms with van der Waals surface area (Å²) in [5.41, 5.74) is 4.46. The molecule has 0 bridgehead atoms. The number of hydrogen-bond acceptors (Lipinski definition) is 4. The van der Waals surface area contributed by atoms with Crippen LogP contribution < -0.4 is 0 Å². The van der Waals surface area contributed by atoms with Crippen LogP contribution in [0.3, 0.4) is 0 Å². The van der Waals surface area contributed by atoms with E-state index in [1.807, 2.05) is 11.7 Å². The molecule has 0 fully saturated rings. The van der Waals surface area contributed by atoms with Gasteiger partial charge < -0.3 is 9.84 Å². The van der Waals surface area contributed by atoms with Gasteiger partial charge in [-0.2, -0.15) is 5.10 Å². The van der Waals surface area contributed by atoms with Crippen LogP contribution >= 0.6 is 0 Å². The molecule has 1 N–H and O–H groups in total. The zero-order valence-electron chi connectivity index (χ0n) is 14.2. The largest absolute Gasteiger partial charge is 0.389 e. The maximum Gasteiger partial charge on any atom is 0.123 e. The summed E-state index contributed by atoms with van der Waals surface area (Å²) in [6.45, 7) is 1.54. The van der Waals surface area contributed by atoms with Crippen LogP contribution in [0.15, 0.2) is 24.3 Å². The number of nitrogens with zero attached hydrogens (tertiary/aromatic N) is 3. The van der Waals surface area contributed by atoms with E-state index in [0.717, 1.165) is 30.6 Å². The Balaban J connectivity index is 1.80. The highest BCUT2D eigenvalue weighted by Gasteiger charge is 2.24. The molecule has 1 unspecified atom stereocenters. The van der Waals surface area contributed by atoms with Gasteiger partial charge in [-0.05, 0) is 56.1 Å². The lowest BCUT2D eigenvalue weighted by molar-refractivity contribution is 0.0416. The van der Waals surface area contributed by atoms with Crippen molar-refractivity contribution in [2.45, 2.75) is 31.9 Å². The zero-order chi connectivity index (χ0) is 17.1. The first-order chi connectivity index (χ1) is 11.6. The molecular weight excluding hydrogens is 309 g/mol. The molecule has 0 saturated heterocycles. The fraction of sp³-hybridized carbons (Fsp3) is 0.500. The van der Waals surface area contributed by atoms with Crippen molar-refractivity contribution in [1.29, 1.82) is 0 Å². The fourth-order valence-corrected chi connectivity index (χ4v) is 3.36. The maximum absolute atomic E-state index is 13.2. The van der Waals surface area contributed by atoms with Crippen LogP contribution in [-0.4, -0.2) is 53.2 Å². The van der Waals surface area contributed by atoms with E-state index in [9.17, 15) is 9.50 Å². The molecule has 1 aromatic carbocycles. The molecule has 0 radical (unpaired) electrons. The molecule has 130 valence electrons. The second kappa shape index (κ2) is 7.42. The summed E-state index contributed by atoms with van der Waals surface area (Å²) >= 11 is 0. The number of hydrogen-bond donors (Lipinski definition) is 1. The fourth-order valence-electron chi connectivity index (χ4n) is 3.36. The number of likely N-dealkylation sites (N-methyl/N-ethyl adjacent to an activating group) is 1. The van der Waals surface area contributed by atoms with Gasteiger partial charge in [0, 0.05) is 25.9 Å². The van der Waals surface area contributed by atoms with E-state index in [2.05, 4.69) is 4.90 Å². The van der Waals surface area contributed by atoms with Gasteiger partial charge >= 0.3 is 0 Å². The van der Waals surface area contributed by atoms with Crippen LogP contribution in [0.5, 0.6) is 0 Å². The van der Waals surface area contributed by atoms with Crippen molar-refractivity contribution in [3.63, 3.8) is 0 Å². The van der Waals surface area contributed by atoms with Gasteiger partial charge in [-0.1, -0.05) is 0 Å². The smallest absolute Gasteiger partial charge is 0.123 e. The lowest BCUT2D eigenvalue weighted by Crippen LogP contribution is -2.31. The van der Waals surface area contributed by atoms with Gasteiger partial charge in [0.2, 0.25) is 0 Å². The number of aliphatic hydroxyl groups is 1. The molecule has 24 heavy (non-hydrogen) atoms. The van der Waals surface area contributed by atoms with Crippen molar-refractivity contribution < 1.29 is 14.2 Å². The number of benzene rings is 1. The number of aliphatic hydroxyl groups excluding tert-OH is 1. The quantitative estimate of drug-likeness (QED) is 0.841. The Morgan fingerprint density at radius 2 is 2.08 bits per heavy atom. The minimum atomic E-state index is -0.507. The van der Waals surface area contributed by atoms with E-state index in [-0.39, 0.29) is 5.82 Å². The van der Waals surface area contributed by atoms with E-state index < -0.39 is 6.10 Å². The van der Waals surface area contributed by atoms with Gasteiger partial charge in [0.05, 0.1) is 24.1 Å². The lowest BCUT2D eigenvalue weighted by atomic mass is 10.2. The summed E-state index contributed by atoms with van der Waals surface area (Å²) in [7, 11) is 3.55. The minimum Gasteiger partial charge on any atom is -0.389 e. The Hall–Kier alpha value is -1.76. The van der Waals surface area contributed by atoms with E-state index in [0.29, 0.717) is 19.7 Å². The standard InChI is InChI=1S/C18H24FN3O2/c1-21(10-15(23)12-24-2)11-17-16-4-3-5-18(16)22(20-17)14-8-6-13(19)7-9-14/h6-9,15,23H,3-5,10-12H2,1-2H3. The van der Waals surface area contributed by atoms with E-state index in [1.165, 1.54) is 23.4 Å². The molecule has 0 spiro atoms. The maximum atomic E-state index is 13.2. The Morgan fingerprint density at radius 3 is 2.79 bits per heavy atom. The zero-order valence-corrected chi connectivity index (χ0v) is 14.2. The third kappa shape index (κ3) is 3.66. The van der Waals surface area contributed by atoms with Gasteiger partial charge in [0.1, 0.15) is 5.82 Å². The van der Waals surface area contributed by atoms with Crippen molar-refractivity contribution in [2.24, 2.45) is 0 Å². The van der Waals surface area contributed by atoms with Gasteiger partial charge in [-0.25, -0.2) is 9.07 Å². The monoisotopic (exact) mass is 333 g/mol. The molecule has 1 aromatic heterocycles. The third-order valence-corrected chi connectivity index (χ3v) is 4.39. The van der Waals surface area contributed by atoms with Crippen LogP contribution in [0.4, 0.5) is 4.39 Å². The van der Waals surface area contributed by atoms with Crippen LogP contribution in [0, 0.1) is 5.82 Å². The normalized spacial score (nSPS) is 15.0. The van der Waals surface area contributed by atoms with Crippen LogP contribution in [0.1, 0.15) is 23.4 Å². The molecular formula is C18H24FN3O2. The molecule has 3 rings (SSSR count). The highest BCUT2D eigenvalue weighted by Crippen LogP contribution is 2.28. The SMILES string of the molecule is COCC(O)CN(C)Cc1nn(-c2ccc(F)cc2)c2c1CCC2. The number of halogens is 1. The predicted octanol–water partition coefficient (Wildman–Crippen LogP) is 1.94. The number of rotatable bonds is 7. The number of aromatic nitrogens is 2.